The molecule has 158 valence electrons. The molecule has 1 unspecified atom stereocenters. The molecule has 0 aromatic heterocycles. The molecule has 28 heavy (non-hydrogen) atoms. The van der Waals surface area contributed by atoms with E-state index in [1.165, 1.54) is 38.0 Å². The van der Waals surface area contributed by atoms with Crippen molar-refractivity contribution in [2.24, 2.45) is 10.9 Å². The van der Waals surface area contributed by atoms with Crippen LogP contribution in [0.15, 0.2) is 29.3 Å². The number of guanidine groups is 1. The second-order valence-corrected chi connectivity index (χ2v) is 8.01. The van der Waals surface area contributed by atoms with Gasteiger partial charge in [0.1, 0.15) is 5.75 Å². The molecular weight excluding hydrogens is 350 g/mol. The lowest BCUT2D eigenvalue weighted by atomic mass is 9.99. The van der Waals surface area contributed by atoms with Crippen LogP contribution in [-0.2, 0) is 0 Å². The van der Waals surface area contributed by atoms with Gasteiger partial charge in [0.05, 0.1) is 13.2 Å². The highest BCUT2D eigenvalue weighted by Crippen LogP contribution is 2.22. The third-order valence-corrected chi connectivity index (χ3v) is 5.61. The summed E-state index contributed by atoms with van der Waals surface area (Å²) < 4.78 is 5.37. The van der Waals surface area contributed by atoms with Gasteiger partial charge in [0.25, 0.3) is 0 Å². The van der Waals surface area contributed by atoms with E-state index in [2.05, 4.69) is 58.6 Å². The van der Waals surface area contributed by atoms with E-state index in [1.54, 1.807) is 7.11 Å². The predicted molar refractivity (Wildman–Crippen MR) is 118 cm³/mol. The van der Waals surface area contributed by atoms with Gasteiger partial charge in [-0.1, -0.05) is 19.1 Å². The van der Waals surface area contributed by atoms with Crippen LogP contribution < -0.4 is 15.4 Å². The van der Waals surface area contributed by atoms with Crippen LogP contribution in [0.1, 0.15) is 37.8 Å². The largest absolute Gasteiger partial charge is 0.497 e. The minimum Gasteiger partial charge on any atom is -0.497 e. The van der Waals surface area contributed by atoms with Crippen LogP contribution in [0.2, 0.25) is 0 Å². The predicted octanol–water partition coefficient (Wildman–Crippen LogP) is 2.58. The Morgan fingerprint density at radius 3 is 2.68 bits per heavy atom. The summed E-state index contributed by atoms with van der Waals surface area (Å²) in [5, 5.41) is 6.93. The molecule has 2 rings (SSSR count). The molecule has 0 radical (unpaired) electrons. The number of likely N-dealkylation sites (N-methyl/N-ethyl adjacent to an activating group) is 1. The normalized spacial score (nSPS) is 17.6. The van der Waals surface area contributed by atoms with Gasteiger partial charge < -0.3 is 25.2 Å². The highest BCUT2D eigenvalue weighted by Gasteiger charge is 2.16. The Morgan fingerprint density at radius 2 is 2.04 bits per heavy atom. The SMILES string of the molecule is CN=C(NCCCN1CCC(C)CC1)NCC(c1cccc(OC)c1)N(C)C. The van der Waals surface area contributed by atoms with E-state index in [-0.39, 0.29) is 6.04 Å². The van der Waals surface area contributed by atoms with Crippen molar-refractivity contribution < 1.29 is 4.74 Å². The van der Waals surface area contributed by atoms with E-state index >= 15 is 0 Å². The van der Waals surface area contributed by atoms with Crippen LogP contribution >= 0.6 is 0 Å². The van der Waals surface area contributed by atoms with Gasteiger partial charge in [-0.2, -0.15) is 0 Å². The zero-order valence-corrected chi connectivity index (χ0v) is 18.4. The van der Waals surface area contributed by atoms with Gasteiger partial charge in [0, 0.05) is 20.1 Å². The number of rotatable bonds is 9. The first kappa shape index (κ1) is 22.5. The van der Waals surface area contributed by atoms with E-state index in [1.807, 2.05) is 19.2 Å². The summed E-state index contributed by atoms with van der Waals surface area (Å²) in [5.41, 5.74) is 1.23. The molecule has 0 saturated carbocycles. The van der Waals surface area contributed by atoms with Gasteiger partial charge in [0.15, 0.2) is 5.96 Å². The standard InChI is InChI=1S/C22H39N5O/c1-18-10-14-27(15-11-18)13-7-12-24-22(23-2)25-17-21(26(3)4)19-8-6-9-20(16-19)28-5/h6,8-9,16,18,21H,7,10-15,17H2,1-5H3,(H2,23,24,25). The van der Waals surface area contributed by atoms with Crippen molar-refractivity contribution in [3.63, 3.8) is 0 Å². The van der Waals surface area contributed by atoms with Gasteiger partial charge in [-0.05, 0) is 76.6 Å². The second kappa shape index (κ2) is 11.9. The molecule has 6 nitrogen and oxygen atoms in total. The molecular formula is C22H39N5O. The Morgan fingerprint density at radius 1 is 1.29 bits per heavy atom. The van der Waals surface area contributed by atoms with E-state index < -0.39 is 0 Å². The van der Waals surface area contributed by atoms with Crippen molar-refractivity contribution in [2.75, 3.05) is 61.0 Å². The quantitative estimate of drug-likeness (QED) is 0.386. The molecule has 1 atom stereocenters. The highest BCUT2D eigenvalue weighted by molar-refractivity contribution is 5.79. The Labute approximate surface area is 171 Å². The third-order valence-electron chi connectivity index (χ3n) is 5.61. The number of hydrogen-bond donors (Lipinski definition) is 2. The molecule has 6 heteroatoms. The fourth-order valence-electron chi connectivity index (χ4n) is 3.66. The number of piperidine rings is 1. The average molecular weight is 390 g/mol. The van der Waals surface area contributed by atoms with Crippen LogP contribution in [-0.4, -0.2) is 76.7 Å². The first-order valence-electron chi connectivity index (χ1n) is 10.5. The maximum Gasteiger partial charge on any atom is 0.191 e. The summed E-state index contributed by atoms with van der Waals surface area (Å²) >= 11 is 0. The summed E-state index contributed by atoms with van der Waals surface area (Å²) in [6, 6.07) is 8.50. The number of aliphatic imine (C=N–C) groups is 1. The number of nitrogens with zero attached hydrogens (tertiary/aromatic N) is 3. The van der Waals surface area contributed by atoms with Gasteiger partial charge in [-0.15, -0.1) is 0 Å². The molecule has 1 aliphatic heterocycles. The first-order chi connectivity index (χ1) is 13.5. The number of benzene rings is 1. The summed E-state index contributed by atoms with van der Waals surface area (Å²) in [6.07, 6.45) is 3.82. The van der Waals surface area contributed by atoms with Crippen LogP contribution in [0.5, 0.6) is 5.75 Å². The summed E-state index contributed by atoms with van der Waals surface area (Å²) in [5.74, 6) is 2.65. The molecule has 1 fully saturated rings. The van der Waals surface area contributed by atoms with Crippen molar-refractivity contribution in [3.05, 3.63) is 29.8 Å². The van der Waals surface area contributed by atoms with Crippen LogP contribution in [0.4, 0.5) is 0 Å². The van der Waals surface area contributed by atoms with Gasteiger partial charge >= 0.3 is 0 Å². The van der Waals surface area contributed by atoms with Crippen molar-refractivity contribution in [1.82, 2.24) is 20.4 Å². The van der Waals surface area contributed by atoms with Gasteiger partial charge in [-0.25, -0.2) is 0 Å². The molecule has 0 spiro atoms. The number of nitrogens with one attached hydrogen (secondary N) is 2. The lowest BCUT2D eigenvalue weighted by molar-refractivity contribution is 0.191. The molecule has 0 amide bonds. The topological polar surface area (TPSA) is 52.1 Å². The first-order valence-corrected chi connectivity index (χ1v) is 10.5. The number of methoxy groups -OCH3 is 1. The van der Waals surface area contributed by atoms with E-state index in [4.69, 9.17) is 4.74 Å². The highest BCUT2D eigenvalue weighted by atomic mass is 16.5. The molecule has 1 aromatic carbocycles. The number of likely N-dealkylation sites (tertiary alicyclic amines) is 1. The van der Waals surface area contributed by atoms with Crippen molar-refractivity contribution in [2.45, 2.75) is 32.2 Å². The monoisotopic (exact) mass is 389 g/mol. The van der Waals surface area contributed by atoms with E-state index in [0.717, 1.165) is 37.1 Å². The van der Waals surface area contributed by atoms with Gasteiger partial charge in [-0.3, -0.25) is 4.99 Å². The maximum atomic E-state index is 5.37. The second-order valence-electron chi connectivity index (χ2n) is 8.01. The third kappa shape index (κ3) is 7.32. The number of ether oxygens (including phenoxy) is 1. The smallest absolute Gasteiger partial charge is 0.191 e. The van der Waals surface area contributed by atoms with E-state index in [9.17, 15) is 0 Å². The molecule has 1 aliphatic rings. The maximum absolute atomic E-state index is 5.37. The zero-order valence-electron chi connectivity index (χ0n) is 18.4. The lowest BCUT2D eigenvalue weighted by Crippen LogP contribution is -2.42. The van der Waals surface area contributed by atoms with Gasteiger partial charge in [0.2, 0.25) is 0 Å². The van der Waals surface area contributed by atoms with Crippen LogP contribution in [0, 0.1) is 5.92 Å². The molecule has 1 heterocycles. The average Bonchev–Trinajstić information content (AvgIpc) is 2.71. The summed E-state index contributed by atoms with van der Waals surface area (Å²) in [6.45, 7) is 7.75. The van der Waals surface area contributed by atoms with Crippen LogP contribution in [0.25, 0.3) is 0 Å². The lowest BCUT2D eigenvalue weighted by Gasteiger charge is -2.30. The molecule has 0 bridgehead atoms. The minimum atomic E-state index is 0.240. The van der Waals surface area contributed by atoms with E-state index in [0.29, 0.717) is 0 Å². The molecule has 0 aliphatic carbocycles. The van der Waals surface area contributed by atoms with Crippen molar-refractivity contribution in [3.8, 4) is 5.75 Å². The summed E-state index contributed by atoms with van der Waals surface area (Å²) in [7, 11) is 7.73. The molecule has 1 saturated heterocycles. The Bertz CT molecular complexity index is 596. The molecule has 2 N–H and O–H groups in total. The van der Waals surface area contributed by atoms with Crippen LogP contribution in [0.3, 0.4) is 0 Å². The van der Waals surface area contributed by atoms with Crippen molar-refractivity contribution >= 4 is 5.96 Å². The fourth-order valence-corrected chi connectivity index (χ4v) is 3.66. The zero-order chi connectivity index (χ0) is 20.4. The van der Waals surface area contributed by atoms with Crippen molar-refractivity contribution in [1.29, 1.82) is 0 Å². The minimum absolute atomic E-state index is 0.240. The Kier molecular flexibility index (Phi) is 9.58. The fraction of sp³-hybridized carbons (Fsp3) is 0.682. The Hall–Kier alpha value is -1.79. The number of hydrogen-bond acceptors (Lipinski definition) is 4. The summed E-state index contributed by atoms with van der Waals surface area (Å²) in [4.78, 5) is 9.18. The molecule has 1 aromatic rings. The Balaban J connectivity index is 1.76.